The molecule has 0 aliphatic carbocycles. The van der Waals surface area contributed by atoms with Crippen LogP contribution in [0.25, 0.3) is 0 Å². The molecule has 1 saturated heterocycles. The van der Waals surface area contributed by atoms with Crippen molar-refractivity contribution in [3.8, 4) is 0 Å². The van der Waals surface area contributed by atoms with E-state index in [1.165, 1.54) is 11.1 Å². The van der Waals surface area contributed by atoms with Crippen molar-refractivity contribution in [2.45, 2.75) is 20.0 Å². The van der Waals surface area contributed by atoms with Crippen LogP contribution < -0.4 is 5.32 Å². The minimum atomic E-state index is 0.00331. The summed E-state index contributed by atoms with van der Waals surface area (Å²) in [5.41, 5.74) is 3.39. The SMILES string of the molecule is CCNC(=O)c1ccc(CN2CCN(Cc3ccccc3)CC2)cc1. The van der Waals surface area contributed by atoms with Gasteiger partial charge in [0.05, 0.1) is 0 Å². The summed E-state index contributed by atoms with van der Waals surface area (Å²) in [6, 6.07) is 18.7. The Morgan fingerprint density at radius 3 is 1.88 bits per heavy atom. The fraction of sp³-hybridized carbons (Fsp3) is 0.381. The second-order valence-corrected chi connectivity index (χ2v) is 6.59. The molecular weight excluding hydrogens is 310 g/mol. The molecule has 0 bridgehead atoms. The zero-order valence-corrected chi connectivity index (χ0v) is 14.9. The molecule has 2 aromatic carbocycles. The van der Waals surface area contributed by atoms with E-state index in [0.717, 1.165) is 44.8 Å². The second kappa shape index (κ2) is 8.79. The molecule has 0 radical (unpaired) electrons. The number of benzene rings is 2. The average Bonchev–Trinajstić information content (AvgIpc) is 2.65. The van der Waals surface area contributed by atoms with Gasteiger partial charge >= 0.3 is 0 Å². The van der Waals surface area contributed by atoms with Gasteiger partial charge in [-0.1, -0.05) is 42.5 Å². The van der Waals surface area contributed by atoms with Crippen LogP contribution in [-0.4, -0.2) is 48.4 Å². The van der Waals surface area contributed by atoms with Crippen molar-refractivity contribution < 1.29 is 4.79 Å². The molecule has 1 aliphatic heterocycles. The van der Waals surface area contributed by atoms with Gasteiger partial charge in [-0.3, -0.25) is 14.6 Å². The standard InChI is InChI=1S/C21H27N3O/c1-2-22-21(25)20-10-8-19(9-11-20)17-24-14-12-23(13-15-24)16-18-6-4-3-5-7-18/h3-11H,2,12-17H2,1H3,(H,22,25). The van der Waals surface area contributed by atoms with E-state index in [1.807, 2.05) is 19.1 Å². The number of piperazine rings is 1. The Bertz CT molecular complexity index is 661. The molecule has 0 atom stereocenters. The van der Waals surface area contributed by atoms with Gasteiger partial charge < -0.3 is 5.32 Å². The first-order chi connectivity index (χ1) is 12.2. The highest BCUT2D eigenvalue weighted by atomic mass is 16.1. The molecule has 1 aliphatic rings. The van der Waals surface area contributed by atoms with Gasteiger partial charge in [0.1, 0.15) is 0 Å². The van der Waals surface area contributed by atoms with Crippen LogP contribution in [0.2, 0.25) is 0 Å². The van der Waals surface area contributed by atoms with Crippen molar-refractivity contribution in [1.29, 1.82) is 0 Å². The number of hydrogen-bond acceptors (Lipinski definition) is 3. The van der Waals surface area contributed by atoms with Crippen LogP contribution in [0.1, 0.15) is 28.4 Å². The number of carbonyl (C=O) groups is 1. The highest BCUT2D eigenvalue weighted by Crippen LogP contribution is 2.12. The summed E-state index contributed by atoms with van der Waals surface area (Å²) in [5.74, 6) is 0.00331. The van der Waals surface area contributed by atoms with Crippen LogP contribution in [0.15, 0.2) is 54.6 Å². The van der Waals surface area contributed by atoms with Gasteiger partial charge in [0.15, 0.2) is 0 Å². The Morgan fingerprint density at radius 1 is 0.840 bits per heavy atom. The Kier molecular flexibility index (Phi) is 6.20. The fourth-order valence-corrected chi connectivity index (χ4v) is 3.23. The summed E-state index contributed by atoms with van der Waals surface area (Å²) in [5, 5.41) is 2.83. The molecule has 4 heteroatoms. The second-order valence-electron chi connectivity index (χ2n) is 6.59. The van der Waals surface area contributed by atoms with E-state index >= 15 is 0 Å². The number of carbonyl (C=O) groups excluding carboxylic acids is 1. The average molecular weight is 337 g/mol. The zero-order chi connectivity index (χ0) is 17.5. The molecule has 0 aromatic heterocycles. The Hall–Kier alpha value is -2.17. The molecule has 132 valence electrons. The molecule has 0 saturated carbocycles. The molecule has 25 heavy (non-hydrogen) atoms. The molecule has 1 fully saturated rings. The third kappa shape index (κ3) is 5.15. The topological polar surface area (TPSA) is 35.6 Å². The van der Waals surface area contributed by atoms with Crippen molar-refractivity contribution in [2.24, 2.45) is 0 Å². The van der Waals surface area contributed by atoms with E-state index in [9.17, 15) is 4.79 Å². The van der Waals surface area contributed by atoms with Crippen LogP contribution in [-0.2, 0) is 13.1 Å². The third-order valence-electron chi connectivity index (χ3n) is 4.67. The van der Waals surface area contributed by atoms with Crippen molar-refractivity contribution in [3.63, 3.8) is 0 Å². The van der Waals surface area contributed by atoms with Crippen LogP contribution in [0, 0.1) is 0 Å². The summed E-state index contributed by atoms with van der Waals surface area (Å²) >= 11 is 0. The Balaban J connectivity index is 1.46. The Labute approximate surface area is 150 Å². The highest BCUT2D eigenvalue weighted by molar-refractivity contribution is 5.94. The van der Waals surface area contributed by atoms with E-state index in [1.54, 1.807) is 0 Å². The lowest BCUT2D eigenvalue weighted by Crippen LogP contribution is -2.45. The lowest BCUT2D eigenvalue weighted by atomic mass is 10.1. The number of amides is 1. The van der Waals surface area contributed by atoms with Crippen molar-refractivity contribution in [1.82, 2.24) is 15.1 Å². The van der Waals surface area contributed by atoms with E-state index < -0.39 is 0 Å². The maximum absolute atomic E-state index is 11.8. The highest BCUT2D eigenvalue weighted by Gasteiger charge is 2.17. The lowest BCUT2D eigenvalue weighted by molar-refractivity contribution is 0.0955. The molecule has 1 amide bonds. The first kappa shape index (κ1) is 17.6. The van der Waals surface area contributed by atoms with Gasteiger partial charge in [0, 0.05) is 51.4 Å². The minimum absolute atomic E-state index is 0.00331. The van der Waals surface area contributed by atoms with Crippen molar-refractivity contribution in [3.05, 3.63) is 71.3 Å². The quantitative estimate of drug-likeness (QED) is 0.880. The van der Waals surface area contributed by atoms with E-state index in [0.29, 0.717) is 6.54 Å². The molecule has 0 spiro atoms. The first-order valence-electron chi connectivity index (χ1n) is 9.10. The number of rotatable bonds is 6. The maximum Gasteiger partial charge on any atom is 0.251 e. The van der Waals surface area contributed by atoms with Gasteiger partial charge in [-0.05, 0) is 30.2 Å². The fourth-order valence-electron chi connectivity index (χ4n) is 3.23. The molecule has 1 heterocycles. The molecule has 2 aromatic rings. The van der Waals surface area contributed by atoms with Crippen LogP contribution in [0.4, 0.5) is 0 Å². The van der Waals surface area contributed by atoms with Crippen LogP contribution in [0.5, 0.6) is 0 Å². The van der Waals surface area contributed by atoms with Crippen LogP contribution in [0.3, 0.4) is 0 Å². The third-order valence-corrected chi connectivity index (χ3v) is 4.67. The summed E-state index contributed by atoms with van der Waals surface area (Å²) in [4.78, 5) is 16.8. The molecule has 1 N–H and O–H groups in total. The van der Waals surface area contributed by atoms with Gasteiger partial charge in [0.25, 0.3) is 5.91 Å². The van der Waals surface area contributed by atoms with Gasteiger partial charge in [-0.2, -0.15) is 0 Å². The maximum atomic E-state index is 11.8. The molecular formula is C21H27N3O. The monoisotopic (exact) mass is 337 g/mol. The summed E-state index contributed by atoms with van der Waals surface area (Å²) < 4.78 is 0. The van der Waals surface area contributed by atoms with Gasteiger partial charge in [-0.25, -0.2) is 0 Å². The van der Waals surface area contributed by atoms with E-state index in [4.69, 9.17) is 0 Å². The molecule has 3 rings (SSSR count). The van der Waals surface area contributed by atoms with Crippen LogP contribution >= 0.6 is 0 Å². The number of nitrogens with one attached hydrogen (secondary N) is 1. The first-order valence-corrected chi connectivity index (χ1v) is 9.10. The predicted octanol–water partition coefficient (Wildman–Crippen LogP) is 2.75. The largest absolute Gasteiger partial charge is 0.352 e. The Morgan fingerprint density at radius 2 is 1.36 bits per heavy atom. The summed E-state index contributed by atoms with van der Waals surface area (Å²) in [6.45, 7) is 8.97. The molecule has 4 nitrogen and oxygen atoms in total. The lowest BCUT2D eigenvalue weighted by Gasteiger charge is -2.34. The van der Waals surface area contributed by atoms with E-state index in [-0.39, 0.29) is 5.91 Å². The minimum Gasteiger partial charge on any atom is -0.352 e. The summed E-state index contributed by atoms with van der Waals surface area (Å²) in [7, 11) is 0. The van der Waals surface area contributed by atoms with E-state index in [2.05, 4.69) is 57.6 Å². The predicted molar refractivity (Wildman–Crippen MR) is 101 cm³/mol. The summed E-state index contributed by atoms with van der Waals surface area (Å²) in [6.07, 6.45) is 0. The zero-order valence-electron chi connectivity index (χ0n) is 14.9. The number of hydrogen-bond donors (Lipinski definition) is 1. The number of nitrogens with zero attached hydrogens (tertiary/aromatic N) is 2. The van der Waals surface area contributed by atoms with Crippen molar-refractivity contribution >= 4 is 5.91 Å². The molecule has 0 unspecified atom stereocenters. The smallest absolute Gasteiger partial charge is 0.251 e. The van der Waals surface area contributed by atoms with Crippen molar-refractivity contribution in [2.75, 3.05) is 32.7 Å². The van der Waals surface area contributed by atoms with Gasteiger partial charge in [-0.15, -0.1) is 0 Å². The van der Waals surface area contributed by atoms with Gasteiger partial charge in [0.2, 0.25) is 0 Å². The normalized spacial score (nSPS) is 15.9.